The van der Waals surface area contributed by atoms with Crippen molar-refractivity contribution < 1.29 is 0 Å². The van der Waals surface area contributed by atoms with Crippen LogP contribution in [-0.4, -0.2) is 9.13 Å². The Morgan fingerprint density at radius 2 is 0.854 bits per heavy atom. The van der Waals surface area contributed by atoms with E-state index in [-0.39, 0.29) is 0 Å². The minimum absolute atomic E-state index is 0.560. The fourth-order valence-electron chi connectivity index (χ4n) is 7.23. The van der Waals surface area contributed by atoms with Crippen LogP contribution in [-0.2, 0) is 0 Å². The van der Waals surface area contributed by atoms with Crippen LogP contribution in [0.1, 0.15) is 11.1 Å². The van der Waals surface area contributed by atoms with Gasteiger partial charge in [0.1, 0.15) is 0 Å². The van der Waals surface area contributed by atoms with Crippen LogP contribution < -0.4 is 0 Å². The van der Waals surface area contributed by atoms with Crippen molar-refractivity contribution in [3.63, 3.8) is 0 Å². The summed E-state index contributed by atoms with van der Waals surface area (Å²) in [6, 6.07) is 58.9. The Labute approximate surface area is 277 Å². The van der Waals surface area contributed by atoms with Gasteiger partial charge < -0.3 is 9.13 Å². The van der Waals surface area contributed by atoms with Crippen molar-refractivity contribution in [3.05, 3.63) is 169 Å². The molecule has 222 valence electrons. The van der Waals surface area contributed by atoms with Crippen molar-refractivity contribution in [2.75, 3.05) is 0 Å². The van der Waals surface area contributed by atoms with E-state index >= 15 is 0 Å². The summed E-state index contributed by atoms with van der Waals surface area (Å²) in [6.45, 7) is 0. The van der Waals surface area contributed by atoms with Crippen LogP contribution in [0, 0.1) is 22.7 Å². The zero-order valence-corrected chi connectivity index (χ0v) is 25.8. The van der Waals surface area contributed by atoms with Gasteiger partial charge in [0, 0.05) is 32.8 Å². The molecule has 9 rings (SSSR count). The predicted molar refractivity (Wildman–Crippen MR) is 195 cm³/mol. The van der Waals surface area contributed by atoms with E-state index in [0.717, 1.165) is 55.7 Å². The quantitative estimate of drug-likeness (QED) is 0.199. The molecule has 0 bridgehead atoms. The van der Waals surface area contributed by atoms with Crippen molar-refractivity contribution in [1.82, 2.24) is 9.13 Å². The number of nitriles is 2. The molecule has 0 aliphatic heterocycles. The summed E-state index contributed by atoms with van der Waals surface area (Å²) in [5, 5.41) is 24.9. The molecule has 2 heterocycles. The van der Waals surface area contributed by atoms with Crippen molar-refractivity contribution in [3.8, 4) is 45.8 Å². The van der Waals surface area contributed by atoms with Crippen molar-refractivity contribution >= 4 is 43.6 Å². The van der Waals surface area contributed by atoms with E-state index in [9.17, 15) is 10.5 Å². The normalized spacial score (nSPS) is 11.3. The van der Waals surface area contributed by atoms with Gasteiger partial charge in [-0.15, -0.1) is 0 Å². The Hall–Kier alpha value is -6.88. The zero-order chi connectivity index (χ0) is 32.2. The van der Waals surface area contributed by atoms with Crippen LogP contribution in [0.4, 0.5) is 0 Å². The average molecular weight is 611 g/mol. The topological polar surface area (TPSA) is 57.4 Å². The largest absolute Gasteiger partial charge is 0.309 e. The smallest absolute Gasteiger partial charge is 0.0992 e. The zero-order valence-electron chi connectivity index (χ0n) is 25.8. The van der Waals surface area contributed by atoms with Gasteiger partial charge in [0.25, 0.3) is 0 Å². The molecule has 0 aliphatic carbocycles. The van der Waals surface area contributed by atoms with E-state index in [0.29, 0.717) is 11.1 Å². The van der Waals surface area contributed by atoms with Gasteiger partial charge in [0.05, 0.1) is 51.0 Å². The molecule has 0 spiro atoms. The molecule has 7 aromatic carbocycles. The number of rotatable bonds is 4. The van der Waals surface area contributed by atoms with Gasteiger partial charge in [-0.1, -0.05) is 84.9 Å². The highest BCUT2D eigenvalue weighted by molar-refractivity contribution is 6.10. The standard InChI is InChI=1S/C44H26N4/c45-27-29-17-22-44(48-42-15-7-3-11-37(42)38-12-4-8-16-43(38)48)39(25-29)33-24-30(28-46)23-32(26-33)31-18-20-34(21-19-31)47-40-13-5-1-9-35(40)36-10-2-6-14-41(36)47/h1-26H. The molecular weight excluding hydrogens is 585 g/mol. The lowest BCUT2D eigenvalue weighted by Gasteiger charge is -2.16. The second-order valence-electron chi connectivity index (χ2n) is 12.0. The fourth-order valence-corrected chi connectivity index (χ4v) is 7.23. The number of fused-ring (bicyclic) bond motifs is 6. The highest BCUT2D eigenvalue weighted by Crippen LogP contribution is 2.39. The first-order valence-corrected chi connectivity index (χ1v) is 15.9. The molecular formula is C44H26N4. The van der Waals surface area contributed by atoms with Gasteiger partial charge in [0.2, 0.25) is 0 Å². The summed E-state index contributed by atoms with van der Waals surface area (Å²) < 4.78 is 4.57. The second-order valence-corrected chi connectivity index (χ2v) is 12.0. The molecule has 4 nitrogen and oxygen atoms in total. The Balaban J connectivity index is 1.21. The summed E-state index contributed by atoms with van der Waals surface area (Å²) in [6.07, 6.45) is 0. The first-order valence-electron chi connectivity index (χ1n) is 15.9. The van der Waals surface area contributed by atoms with E-state index in [2.05, 4.69) is 149 Å². The Bertz CT molecular complexity index is 2690. The molecule has 0 saturated heterocycles. The van der Waals surface area contributed by atoms with Crippen LogP contribution in [0.15, 0.2) is 158 Å². The van der Waals surface area contributed by atoms with Gasteiger partial charge in [-0.25, -0.2) is 0 Å². The molecule has 2 aromatic heterocycles. The molecule has 0 amide bonds. The fraction of sp³-hybridized carbons (Fsp3) is 0. The number of aromatic nitrogens is 2. The molecule has 0 N–H and O–H groups in total. The van der Waals surface area contributed by atoms with E-state index in [1.807, 2.05) is 30.3 Å². The summed E-state index contributed by atoms with van der Waals surface area (Å²) in [7, 11) is 0. The maximum absolute atomic E-state index is 10.2. The van der Waals surface area contributed by atoms with Crippen LogP contribution >= 0.6 is 0 Å². The van der Waals surface area contributed by atoms with Gasteiger partial charge in [-0.2, -0.15) is 10.5 Å². The number of hydrogen-bond donors (Lipinski definition) is 0. The third-order valence-corrected chi connectivity index (χ3v) is 9.36. The maximum Gasteiger partial charge on any atom is 0.0992 e. The summed E-state index contributed by atoms with van der Waals surface area (Å²) >= 11 is 0. The lowest BCUT2D eigenvalue weighted by atomic mass is 9.94. The molecule has 4 heteroatoms. The number of benzene rings is 7. The highest BCUT2D eigenvalue weighted by Gasteiger charge is 2.18. The van der Waals surface area contributed by atoms with E-state index in [4.69, 9.17) is 0 Å². The van der Waals surface area contributed by atoms with Gasteiger partial charge in [-0.05, 0) is 89.5 Å². The van der Waals surface area contributed by atoms with Crippen LogP contribution in [0.2, 0.25) is 0 Å². The number of hydrogen-bond acceptors (Lipinski definition) is 2. The summed E-state index contributed by atoms with van der Waals surface area (Å²) in [5.41, 5.74) is 11.4. The molecule has 9 aromatic rings. The first kappa shape index (κ1) is 27.4. The monoisotopic (exact) mass is 610 g/mol. The molecule has 0 aliphatic rings. The van der Waals surface area contributed by atoms with Gasteiger partial charge in [0.15, 0.2) is 0 Å². The molecule has 0 radical (unpaired) electrons. The molecule has 0 atom stereocenters. The van der Waals surface area contributed by atoms with Gasteiger partial charge >= 0.3 is 0 Å². The average Bonchev–Trinajstić information content (AvgIpc) is 3.67. The Morgan fingerprint density at radius 3 is 1.38 bits per heavy atom. The Kier molecular flexibility index (Phi) is 6.22. The molecule has 48 heavy (non-hydrogen) atoms. The number of nitrogens with zero attached hydrogens (tertiary/aromatic N) is 4. The third kappa shape index (κ3) is 4.22. The van der Waals surface area contributed by atoms with Crippen LogP contribution in [0.25, 0.3) is 77.2 Å². The van der Waals surface area contributed by atoms with Crippen molar-refractivity contribution in [1.29, 1.82) is 10.5 Å². The summed E-state index contributed by atoms with van der Waals surface area (Å²) in [4.78, 5) is 0. The van der Waals surface area contributed by atoms with Crippen LogP contribution in [0.5, 0.6) is 0 Å². The third-order valence-electron chi connectivity index (χ3n) is 9.36. The minimum Gasteiger partial charge on any atom is -0.309 e. The SMILES string of the molecule is N#Cc1cc(-c2ccc(-n3c4ccccc4c4ccccc43)cc2)cc(-c2cc(C#N)ccc2-n2c3ccccc3c3ccccc32)c1. The molecule has 0 saturated carbocycles. The van der Waals surface area contributed by atoms with E-state index < -0.39 is 0 Å². The molecule has 0 fully saturated rings. The maximum atomic E-state index is 10.2. The van der Waals surface area contributed by atoms with E-state index in [1.165, 1.54) is 21.5 Å². The Morgan fingerprint density at radius 1 is 0.375 bits per heavy atom. The number of para-hydroxylation sites is 4. The minimum atomic E-state index is 0.560. The van der Waals surface area contributed by atoms with Crippen LogP contribution in [0.3, 0.4) is 0 Å². The highest BCUT2D eigenvalue weighted by atomic mass is 15.0. The lowest BCUT2D eigenvalue weighted by Crippen LogP contribution is -1.98. The summed E-state index contributed by atoms with van der Waals surface area (Å²) in [5.74, 6) is 0. The first-order chi connectivity index (χ1) is 23.7. The predicted octanol–water partition coefficient (Wildman–Crippen LogP) is 11.0. The second kappa shape index (κ2) is 10.9. The lowest BCUT2D eigenvalue weighted by molar-refractivity contribution is 1.18. The van der Waals surface area contributed by atoms with Crippen molar-refractivity contribution in [2.45, 2.75) is 0 Å². The van der Waals surface area contributed by atoms with E-state index in [1.54, 1.807) is 0 Å². The van der Waals surface area contributed by atoms with Crippen molar-refractivity contribution in [2.24, 2.45) is 0 Å². The van der Waals surface area contributed by atoms with Gasteiger partial charge in [-0.3, -0.25) is 0 Å². The molecule has 0 unspecified atom stereocenters.